The number of likely N-dealkylation sites (tertiary alicyclic amines) is 2. The summed E-state index contributed by atoms with van der Waals surface area (Å²) in [5.74, 6) is 0.200. The molecule has 2 fully saturated rings. The highest BCUT2D eigenvalue weighted by molar-refractivity contribution is 8.00. The number of carbonyl (C=O) groups is 2. The van der Waals surface area contributed by atoms with Gasteiger partial charge in [-0.2, -0.15) is 0 Å². The zero-order valence-electron chi connectivity index (χ0n) is 14.2. The van der Waals surface area contributed by atoms with Crippen LogP contribution in [0.5, 0.6) is 0 Å². The van der Waals surface area contributed by atoms with Crippen molar-refractivity contribution in [2.45, 2.75) is 49.3 Å². The number of amides is 2. The van der Waals surface area contributed by atoms with Crippen molar-refractivity contribution in [1.29, 1.82) is 0 Å². The topological polar surface area (TPSA) is 53.5 Å². The van der Waals surface area contributed by atoms with Crippen LogP contribution >= 0.6 is 11.8 Å². The number of thioether (sulfide) groups is 1. The second-order valence-electron chi connectivity index (χ2n) is 6.50. The molecule has 130 valence electrons. The van der Waals surface area contributed by atoms with E-state index in [1.54, 1.807) is 12.3 Å². The van der Waals surface area contributed by atoms with Gasteiger partial charge in [0.15, 0.2) is 0 Å². The largest absolute Gasteiger partial charge is 0.342 e. The van der Waals surface area contributed by atoms with E-state index in [0.717, 1.165) is 51.9 Å². The summed E-state index contributed by atoms with van der Waals surface area (Å²) in [6.45, 7) is 5.26. The van der Waals surface area contributed by atoms with E-state index in [2.05, 4.69) is 4.98 Å². The Kier molecular flexibility index (Phi) is 5.76. The van der Waals surface area contributed by atoms with Crippen LogP contribution < -0.4 is 0 Å². The van der Waals surface area contributed by atoms with E-state index in [9.17, 15) is 9.59 Å². The van der Waals surface area contributed by atoms with Crippen LogP contribution in [0.15, 0.2) is 23.4 Å². The molecular weight excluding hydrogens is 322 g/mol. The van der Waals surface area contributed by atoms with Crippen molar-refractivity contribution in [3.05, 3.63) is 23.9 Å². The highest BCUT2D eigenvalue weighted by Gasteiger charge is 2.27. The Labute approximate surface area is 147 Å². The number of nitrogens with zero attached hydrogens (tertiary/aromatic N) is 3. The summed E-state index contributed by atoms with van der Waals surface area (Å²) in [5.41, 5.74) is 0.630. The Morgan fingerprint density at radius 1 is 1.04 bits per heavy atom. The van der Waals surface area contributed by atoms with Crippen molar-refractivity contribution in [1.82, 2.24) is 14.8 Å². The first-order valence-electron chi connectivity index (χ1n) is 8.86. The van der Waals surface area contributed by atoms with E-state index in [0.29, 0.717) is 10.6 Å². The normalized spacial score (nSPS) is 19.4. The van der Waals surface area contributed by atoms with E-state index in [-0.39, 0.29) is 17.1 Å². The predicted octanol–water partition coefficient (Wildman–Crippen LogP) is 2.81. The van der Waals surface area contributed by atoms with Crippen LogP contribution in [0.4, 0.5) is 0 Å². The number of piperidine rings is 1. The summed E-state index contributed by atoms with van der Waals surface area (Å²) >= 11 is 1.41. The minimum Gasteiger partial charge on any atom is -0.342 e. The van der Waals surface area contributed by atoms with Crippen molar-refractivity contribution in [2.24, 2.45) is 0 Å². The lowest BCUT2D eigenvalue weighted by atomic mass is 10.1. The van der Waals surface area contributed by atoms with Gasteiger partial charge in [0.25, 0.3) is 5.91 Å². The first kappa shape index (κ1) is 17.3. The molecule has 1 atom stereocenters. The average molecular weight is 347 g/mol. The smallest absolute Gasteiger partial charge is 0.256 e. The molecule has 3 heterocycles. The van der Waals surface area contributed by atoms with Crippen molar-refractivity contribution < 1.29 is 9.59 Å². The molecule has 1 unspecified atom stereocenters. The summed E-state index contributed by atoms with van der Waals surface area (Å²) in [5, 5.41) is 0.457. The molecule has 6 heteroatoms. The second kappa shape index (κ2) is 8.01. The van der Waals surface area contributed by atoms with E-state index < -0.39 is 0 Å². The highest BCUT2D eigenvalue weighted by Crippen LogP contribution is 2.28. The SMILES string of the molecule is CC(Sc1ncccc1C(=O)N1CCCCC1)C(=O)N1CCCC1. The van der Waals surface area contributed by atoms with Gasteiger partial charge in [-0.15, -0.1) is 0 Å². The van der Waals surface area contributed by atoms with Crippen molar-refractivity contribution >= 4 is 23.6 Å². The van der Waals surface area contributed by atoms with Crippen LogP contribution in [0, 0.1) is 0 Å². The standard InChI is InChI=1S/C18H25N3O2S/c1-14(17(22)20-12-5-6-13-20)24-16-15(8-7-9-19-16)18(23)21-10-3-2-4-11-21/h7-9,14H,2-6,10-13H2,1H3. The molecule has 24 heavy (non-hydrogen) atoms. The fourth-order valence-corrected chi connectivity index (χ4v) is 4.32. The van der Waals surface area contributed by atoms with Gasteiger partial charge in [-0.05, 0) is 51.2 Å². The lowest BCUT2D eigenvalue weighted by Crippen LogP contribution is -2.36. The number of carbonyl (C=O) groups excluding carboxylic acids is 2. The van der Waals surface area contributed by atoms with E-state index in [4.69, 9.17) is 0 Å². The molecule has 0 bridgehead atoms. The Hall–Kier alpha value is -1.56. The molecule has 0 N–H and O–H groups in total. The van der Waals surface area contributed by atoms with Gasteiger partial charge >= 0.3 is 0 Å². The van der Waals surface area contributed by atoms with E-state index in [1.807, 2.05) is 22.8 Å². The Morgan fingerprint density at radius 2 is 1.67 bits per heavy atom. The number of hydrogen-bond acceptors (Lipinski definition) is 4. The molecule has 0 aliphatic carbocycles. The summed E-state index contributed by atoms with van der Waals surface area (Å²) in [6.07, 6.45) is 7.20. The molecule has 3 rings (SSSR count). The van der Waals surface area contributed by atoms with Gasteiger partial charge in [-0.25, -0.2) is 4.98 Å². The highest BCUT2D eigenvalue weighted by atomic mass is 32.2. The van der Waals surface area contributed by atoms with E-state index >= 15 is 0 Å². The third kappa shape index (κ3) is 3.91. The van der Waals surface area contributed by atoms with Gasteiger partial charge in [-0.1, -0.05) is 11.8 Å². The maximum absolute atomic E-state index is 12.8. The molecule has 0 aromatic carbocycles. The van der Waals surface area contributed by atoms with Crippen molar-refractivity contribution in [3.8, 4) is 0 Å². The van der Waals surface area contributed by atoms with Gasteiger partial charge < -0.3 is 9.80 Å². The van der Waals surface area contributed by atoms with Crippen LogP contribution in [-0.4, -0.2) is 58.0 Å². The molecule has 2 saturated heterocycles. The summed E-state index contributed by atoms with van der Waals surface area (Å²) < 4.78 is 0. The molecule has 0 saturated carbocycles. The van der Waals surface area contributed by atoms with Gasteiger partial charge in [0.1, 0.15) is 5.03 Å². The van der Waals surface area contributed by atoms with Crippen LogP contribution in [0.25, 0.3) is 0 Å². The van der Waals surface area contributed by atoms with Gasteiger partial charge in [0.2, 0.25) is 5.91 Å². The molecular formula is C18H25N3O2S. The third-order valence-electron chi connectivity index (χ3n) is 4.70. The number of rotatable bonds is 4. The second-order valence-corrected chi connectivity index (χ2v) is 7.83. The molecule has 0 radical (unpaired) electrons. The summed E-state index contributed by atoms with van der Waals surface area (Å²) in [7, 11) is 0. The number of hydrogen-bond donors (Lipinski definition) is 0. The number of aromatic nitrogens is 1. The maximum atomic E-state index is 12.8. The molecule has 2 aliphatic rings. The predicted molar refractivity (Wildman–Crippen MR) is 95.1 cm³/mol. The molecule has 1 aromatic rings. The quantitative estimate of drug-likeness (QED) is 0.786. The molecule has 1 aromatic heterocycles. The third-order valence-corrected chi connectivity index (χ3v) is 5.80. The zero-order chi connectivity index (χ0) is 16.9. The average Bonchev–Trinajstić information content (AvgIpc) is 3.16. The van der Waals surface area contributed by atoms with Gasteiger partial charge in [0, 0.05) is 32.4 Å². The van der Waals surface area contributed by atoms with Gasteiger partial charge in [0.05, 0.1) is 10.8 Å². The fraction of sp³-hybridized carbons (Fsp3) is 0.611. The lowest BCUT2D eigenvalue weighted by molar-refractivity contribution is -0.129. The maximum Gasteiger partial charge on any atom is 0.256 e. The first-order chi connectivity index (χ1) is 11.7. The fourth-order valence-electron chi connectivity index (χ4n) is 3.33. The number of pyridine rings is 1. The van der Waals surface area contributed by atoms with Crippen LogP contribution in [0.1, 0.15) is 49.4 Å². The van der Waals surface area contributed by atoms with E-state index in [1.165, 1.54) is 18.2 Å². The summed E-state index contributed by atoms with van der Waals surface area (Å²) in [4.78, 5) is 33.5. The monoisotopic (exact) mass is 347 g/mol. The molecule has 5 nitrogen and oxygen atoms in total. The van der Waals surface area contributed by atoms with Gasteiger partial charge in [-0.3, -0.25) is 9.59 Å². The molecule has 0 spiro atoms. The minimum absolute atomic E-state index is 0.0473. The Balaban J connectivity index is 1.71. The summed E-state index contributed by atoms with van der Waals surface area (Å²) in [6, 6.07) is 3.63. The van der Waals surface area contributed by atoms with Crippen LogP contribution in [0.2, 0.25) is 0 Å². The lowest BCUT2D eigenvalue weighted by Gasteiger charge is -2.27. The minimum atomic E-state index is -0.217. The Morgan fingerprint density at radius 3 is 2.38 bits per heavy atom. The van der Waals surface area contributed by atoms with Crippen LogP contribution in [-0.2, 0) is 4.79 Å². The van der Waals surface area contributed by atoms with Crippen molar-refractivity contribution in [3.63, 3.8) is 0 Å². The Bertz CT molecular complexity index is 596. The molecule has 2 amide bonds. The first-order valence-corrected chi connectivity index (χ1v) is 9.74. The van der Waals surface area contributed by atoms with Crippen LogP contribution in [0.3, 0.4) is 0 Å². The molecule has 2 aliphatic heterocycles. The van der Waals surface area contributed by atoms with Crippen molar-refractivity contribution in [2.75, 3.05) is 26.2 Å². The zero-order valence-corrected chi connectivity index (χ0v) is 15.1.